The van der Waals surface area contributed by atoms with E-state index in [1.54, 1.807) is 17.0 Å². The highest BCUT2D eigenvalue weighted by atomic mass is 35.5. The summed E-state index contributed by atoms with van der Waals surface area (Å²) in [6.07, 6.45) is 2.43. The van der Waals surface area contributed by atoms with Crippen LogP contribution in [0.1, 0.15) is 43.5 Å². The van der Waals surface area contributed by atoms with Gasteiger partial charge in [0, 0.05) is 25.0 Å². The van der Waals surface area contributed by atoms with Gasteiger partial charge < -0.3 is 16.0 Å². The number of anilines is 1. The number of benzene rings is 1. The quantitative estimate of drug-likeness (QED) is 0.866. The van der Waals surface area contributed by atoms with Crippen molar-refractivity contribution >= 4 is 29.9 Å². The third-order valence-electron chi connectivity index (χ3n) is 4.31. The number of nitrogens with one attached hydrogen (secondary N) is 1. The van der Waals surface area contributed by atoms with Gasteiger partial charge in [0.2, 0.25) is 5.91 Å². The maximum atomic E-state index is 12.5. The molecule has 0 bridgehead atoms. The van der Waals surface area contributed by atoms with E-state index >= 15 is 0 Å². The molecule has 2 atom stereocenters. The van der Waals surface area contributed by atoms with Crippen LogP contribution in [-0.4, -0.2) is 35.8 Å². The van der Waals surface area contributed by atoms with Crippen molar-refractivity contribution in [3.05, 3.63) is 29.8 Å². The fourth-order valence-electron chi connectivity index (χ4n) is 2.95. The van der Waals surface area contributed by atoms with Crippen LogP contribution in [0, 0.1) is 5.92 Å². The number of amides is 2. The molecule has 0 saturated heterocycles. The van der Waals surface area contributed by atoms with Crippen LogP contribution < -0.4 is 11.1 Å². The van der Waals surface area contributed by atoms with Crippen molar-refractivity contribution in [2.45, 2.75) is 39.2 Å². The van der Waals surface area contributed by atoms with Crippen LogP contribution in [0.5, 0.6) is 0 Å². The lowest BCUT2D eigenvalue weighted by molar-refractivity contribution is -0.119. The number of nitrogens with zero attached hydrogens (tertiary/aromatic N) is 1. The highest BCUT2D eigenvalue weighted by Crippen LogP contribution is 2.26. The van der Waals surface area contributed by atoms with Gasteiger partial charge in [-0.15, -0.1) is 12.4 Å². The lowest BCUT2D eigenvalue weighted by Crippen LogP contribution is -2.32. The van der Waals surface area contributed by atoms with E-state index in [1.807, 2.05) is 26.0 Å². The standard InChI is InChI=1S/C17H25N3O2.ClH/c1-3-20(4-2)17(22)14-7-5-6-8-15(14)19-16(21)12-9-10-13(18)11-12;/h5-8,12-13H,3-4,9-11,18H2,1-2H3,(H,19,21);1H. The van der Waals surface area contributed by atoms with E-state index in [-0.39, 0.29) is 36.2 Å². The summed E-state index contributed by atoms with van der Waals surface area (Å²) < 4.78 is 0. The van der Waals surface area contributed by atoms with Crippen LogP contribution >= 0.6 is 12.4 Å². The molecule has 1 aromatic carbocycles. The molecule has 3 N–H and O–H groups in total. The molecule has 128 valence electrons. The zero-order valence-corrected chi connectivity index (χ0v) is 14.6. The van der Waals surface area contributed by atoms with Gasteiger partial charge in [0.15, 0.2) is 0 Å². The summed E-state index contributed by atoms with van der Waals surface area (Å²) in [6, 6.07) is 7.30. The van der Waals surface area contributed by atoms with Gasteiger partial charge in [0.1, 0.15) is 0 Å². The first-order valence-electron chi connectivity index (χ1n) is 8.01. The molecule has 1 aliphatic rings. The number of halogens is 1. The summed E-state index contributed by atoms with van der Waals surface area (Å²) in [6.45, 7) is 5.19. The summed E-state index contributed by atoms with van der Waals surface area (Å²) >= 11 is 0. The van der Waals surface area contributed by atoms with E-state index in [4.69, 9.17) is 5.73 Å². The van der Waals surface area contributed by atoms with Gasteiger partial charge in [-0.3, -0.25) is 9.59 Å². The molecule has 23 heavy (non-hydrogen) atoms. The van der Waals surface area contributed by atoms with E-state index in [2.05, 4.69) is 5.32 Å². The van der Waals surface area contributed by atoms with E-state index in [0.717, 1.165) is 19.3 Å². The number of para-hydroxylation sites is 1. The first-order valence-corrected chi connectivity index (χ1v) is 8.01. The molecule has 1 fully saturated rings. The van der Waals surface area contributed by atoms with Crippen molar-refractivity contribution in [1.29, 1.82) is 0 Å². The third kappa shape index (κ3) is 4.69. The lowest BCUT2D eigenvalue weighted by atomic mass is 10.1. The number of carbonyl (C=O) groups excluding carboxylic acids is 2. The largest absolute Gasteiger partial charge is 0.339 e. The van der Waals surface area contributed by atoms with E-state index in [9.17, 15) is 9.59 Å². The van der Waals surface area contributed by atoms with Crippen LogP contribution in [0.25, 0.3) is 0 Å². The molecular formula is C17H26ClN3O2. The molecule has 1 aliphatic carbocycles. The van der Waals surface area contributed by atoms with E-state index < -0.39 is 0 Å². The minimum atomic E-state index is -0.0518. The minimum Gasteiger partial charge on any atom is -0.339 e. The Labute approximate surface area is 144 Å². The third-order valence-corrected chi connectivity index (χ3v) is 4.31. The smallest absolute Gasteiger partial charge is 0.255 e. The molecule has 0 aromatic heterocycles. The van der Waals surface area contributed by atoms with Gasteiger partial charge in [-0.2, -0.15) is 0 Å². The van der Waals surface area contributed by atoms with Gasteiger partial charge in [-0.05, 0) is 45.2 Å². The number of carbonyl (C=O) groups is 2. The van der Waals surface area contributed by atoms with Crippen LogP contribution in [0.2, 0.25) is 0 Å². The van der Waals surface area contributed by atoms with Crippen LogP contribution in [0.15, 0.2) is 24.3 Å². The Morgan fingerprint density at radius 3 is 2.43 bits per heavy atom. The van der Waals surface area contributed by atoms with Crippen LogP contribution in [0.4, 0.5) is 5.69 Å². The second kappa shape index (κ2) is 8.89. The SMILES string of the molecule is CCN(CC)C(=O)c1ccccc1NC(=O)C1CCC(N)C1.Cl. The first-order chi connectivity index (χ1) is 10.6. The molecule has 6 heteroatoms. The molecule has 0 spiro atoms. The fraction of sp³-hybridized carbons (Fsp3) is 0.529. The van der Waals surface area contributed by atoms with Crippen molar-refractivity contribution in [3.8, 4) is 0 Å². The summed E-state index contributed by atoms with van der Waals surface area (Å²) in [5.74, 6) is -0.136. The predicted octanol–water partition coefficient (Wildman–Crippen LogP) is 2.66. The average Bonchev–Trinajstić information content (AvgIpc) is 2.95. The Kier molecular flexibility index (Phi) is 7.52. The van der Waals surface area contributed by atoms with Crippen molar-refractivity contribution < 1.29 is 9.59 Å². The van der Waals surface area contributed by atoms with Crippen molar-refractivity contribution in [2.24, 2.45) is 11.7 Å². The molecule has 2 rings (SSSR count). The summed E-state index contributed by atoms with van der Waals surface area (Å²) in [7, 11) is 0. The van der Waals surface area contributed by atoms with Crippen molar-refractivity contribution in [3.63, 3.8) is 0 Å². The second-order valence-corrected chi connectivity index (χ2v) is 5.78. The number of nitrogens with two attached hydrogens (primary N) is 1. The number of hydrogen-bond donors (Lipinski definition) is 2. The highest BCUT2D eigenvalue weighted by molar-refractivity contribution is 6.04. The Morgan fingerprint density at radius 1 is 1.22 bits per heavy atom. The molecule has 2 unspecified atom stereocenters. The van der Waals surface area contributed by atoms with Gasteiger partial charge in [0.05, 0.1) is 11.3 Å². The molecular weight excluding hydrogens is 314 g/mol. The maximum absolute atomic E-state index is 12.5. The number of hydrogen-bond acceptors (Lipinski definition) is 3. The van der Waals surface area contributed by atoms with E-state index in [1.165, 1.54) is 0 Å². The van der Waals surface area contributed by atoms with Gasteiger partial charge in [-0.1, -0.05) is 12.1 Å². The molecule has 2 amide bonds. The van der Waals surface area contributed by atoms with Crippen molar-refractivity contribution in [2.75, 3.05) is 18.4 Å². The Hall–Kier alpha value is -1.59. The normalized spacial score (nSPS) is 19.8. The van der Waals surface area contributed by atoms with Gasteiger partial charge in [-0.25, -0.2) is 0 Å². The van der Waals surface area contributed by atoms with Crippen LogP contribution in [-0.2, 0) is 4.79 Å². The maximum Gasteiger partial charge on any atom is 0.255 e. The monoisotopic (exact) mass is 339 g/mol. The Bertz CT molecular complexity index is 546. The zero-order valence-electron chi connectivity index (χ0n) is 13.7. The minimum absolute atomic E-state index is 0. The lowest BCUT2D eigenvalue weighted by Gasteiger charge is -2.21. The number of rotatable bonds is 5. The summed E-state index contributed by atoms with van der Waals surface area (Å²) in [4.78, 5) is 26.6. The van der Waals surface area contributed by atoms with Gasteiger partial charge in [0.25, 0.3) is 5.91 Å². The van der Waals surface area contributed by atoms with Crippen molar-refractivity contribution in [1.82, 2.24) is 4.90 Å². The molecule has 0 aliphatic heterocycles. The Balaban J connectivity index is 0.00000264. The first kappa shape index (κ1) is 19.5. The molecule has 1 saturated carbocycles. The Morgan fingerprint density at radius 2 is 1.87 bits per heavy atom. The molecule has 5 nitrogen and oxygen atoms in total. The molecule has 0 radical (unpaired) electrons. The fourth-order valence-corrected chi connectivity index (χ4v) is 2.95. The van der Waals surface area contributed by atoms with Crippen LogP contribution in [0.3, 0.4) is 0 Å². The second-order valence-electron chi connectivity index (χ2n) is 5.78. The summed E-state index contributed by atoms with van der Waals surface area (Å²) in [5.41, 5.74) is 7.00. The highest BCUT2D eigenvalue weighted by Gasteiger charge is 2.28. The zero-order chi connectivity index (χ0) is 16.1. The molecule has 1 aromatic rings. The predicted molar refractivity (Wildman–Crippen MR) is 94.9 cm³/mol. The average molecular weight is 340 g/mol. The van der Waals surface area contributed by atoms with Gasteiger partial charge >= 0.3 is 0 Å². The summed E-state index contributed by atoms with van der Waals surface area (Å²) in [5, 5.41) is 2.91. The van der Waals surface area contributed by atoms with E-state index in [0.29, 0.717) is 24.3 Å². The molecule has 0 heterocycles. The topological polar surface area (TPSA) is 75.4 Å².